The van der Waals surface area contributed by atoms with E-state index in [9.17, 15) is 13.2 Å². The Morgan fingerprint density at radius 1 is 1.15 bits per heavy atom. The number of rotatable bonds is 8. The van der Waals surface area contributed by atoms with E-state index in [4.69, 9.17) is 0 Å². The zero-order valence-corrected chi connectivity index (χ0v) is 15.4. The smallest absolute Gasteiger partial charge is 0.357 e. The number of nitrogens with zero attached hydrogens (tertiary/aromatic N) is 3. The first-order valence-electron chi connectivity index (χ1n) is 9.38. The van der Waals surface area contributed by atoms with E-state index in [0.29, 0.717) is 25.6 Å². The van der Waals surface area contributed by atoms with Gasteiger partial charge in [0.25, 0.3) is 0 Å². The van der Waals surface area contributed by atoms with Gasteiger partial charge in [-0.15, -0.1) is 0 Å². The largest absolute Gasteiger partial charge is 0.401 e. The average molecular weight is 373 g/mol. The maximum atomic E-state index is 12.4. The monoisotopic (exact) mass is 373 g/mol. The van der Waals surface area contributed by atoms with Gasteiger partial charge in [-0.05, 0) is 57.3 Å². The van der Waals surface area contributed by atoms with Gasteiger partial charge in [-0.2, -0.15) is 13.2 Å². The van der Waals surface area contributed by atoms with Crippen LogP contribution in [0.3, 0.4) is 0 Å². The SMILES string of the molecule is CCNC(=NCCC1CCN(CC(F)(F)F)CC1)NCCn1cccc1. The van der Waals surface area contributed by atoms with Crippen molar-refractivity contribution in [2.75, 3.05) is 39.3 Å². The van der Waals surface area contributed by atoms with Crippen LogP contribution in [0, 0.1) is 5.92 Å². The minimum absolute atomic E-state index is 0.464. The minimum Gasteiger partial charge on any atom is -0.357 e. The van der Waals surface area contributed by atoms with Crippen LogP contribution in [-0.4, -0.2) is 60.9 Å². The van der Waals surface area contributed by atoms with Crippen LogP contribution in [0.4, 0.5) is 13.2 Å². The first-order valence-corrected chi connectivity index (χ1v) is 9.38. The summed E-state index contributed by atoms with van der Waals surface area (Å²) in [6.45, 7) is 5.46. The Balaban J connectivity index is 1.66. The quantitative estimate of drug-likeness (QED) is 0.544. The molecule has 1 fully saturated rings. The van der Waals surface area contributed by atoms with Crippen LogP contribution < -0.4 is 10.6 Å². The van der Waals surface area contributed by atoms with Crippen LogP contribution in [-0.2, 0) is 6.54 Å². The molecule has 0 bridgehead atoms. The molecule has 2 heterocycles. The Labute approximate surface area is 153 Å². The Kier molecular flexibility index (Phi) is 8.28. The number of halogens is 3. The molecule has 0 aromatic carbocycles. The van der Waals surface area contributed by atoms with Gasteiger partial charge in [0.1, 0.15) is 0 Å². The van der Waals surface area contributed by atoms with Crippen molar-refractivity contribution >= 4 is 5.96 Å². The van der Waals surface area contributed by atoms with Crippen LogP contribution in [0.2, 0.25) is 0 Å². The minimum atomic E-state index is -4.09. The maximum absolute atomic E-state index is 12.4. The Morgan fingerprint density at radius 3 is 2.46 bits per heavy atom. The fourth-order valence-corrected chi connectivity index (χ4v) is 3.21. The highest BCUT2D eigenvalue weighted by Gasteiger charge is 2.32. The van der Waals surface area contributed by atoms with Crippen molar-refractivity contribution in [2.24, 2.45) is 10.9 Å². The molecule has 2 N–H and O–H groups in total. The summed E-state index contributed by atoms with van der Waals surface area (Å²) in [5.74, 6) is 1.26. The maximum Gasteiger partial charge on any atom is 0.401 e. The number of aromatic nitrogens is 1. The van der Waals surface area contributed by atoms with E-state index in [-0.39, 0.29) is 0 Å². The van der Waals surface area contributed by atoms with Gasteiger partial charge in [0.05, 0.1) is 6.54 Å². The molecule has 1 aliphatic rings. The van der Waals surface area contributed by atoms with Crippen molar-refractivity contribution in [2.45, 2.75) is 38.9 Å². The summed E-state index contributed by atoms with van der Waals surface area (Å²) in [6, 6.07) is 4.00. The molecule has 8 heteroatoms. The Hall–Kier alpha value is -1.70. The second-order valence-electron chi connectivity index (χ2n) is 6.73. The molecule has 2 rings (SSSR count). The fourth-order valence-electron chi connectivity index (χ4n) is 3.21. The van der Waals surface area contributed by atoms with E-state index in [0.717, 1.165) is 44.9 Å². The van der Waals surface area contributed by atoms with Crippen molar-refractivity contribution in [3.63, 3.8) is 0 Å². The molecule has 1 aromatic heterocycles. The standard InChI is InChI=1S/C18H30F3N5/c1-2-22-17(24-9-14-25-10-3-4-11-25)23-8-5-16-6-12-26(13-7-16)15-18(19,20)21/h3-4,10-11,16H,2,5-9,12-15H2,1H3,(H2,22,23,24). The summed E-state index contributed by atoms with van der Waals surface area (Å²) >= 11 is 0. The molecule has 0 unspecified atom stereocenters. The van der Waals surface area contributed by atoms with Gasteiger partial charge in [-0.25, -0.2) is 0 Å². The van der Waals surface area contributed by atoms with Gasteiger partial charge in [0.2, 0.25) is 0 Å². The van der Waals surface area contributed by atoms with E-state index >= 15 is 0 Å². The number of guanidine groups is 1. The molecule has 0 amide bonds. The highest BCUT2D eigenvalue weighted by Crippen LogP contribution is 2.24. The zero-order chi connectivity index (χ0) is 18.8. The van der Waals surface area contributed by atoms with Gasteiger partial charge >= 0.3 is 6.18 Å². The molecule has 0 aliphatic carbocycles. The lowest BCUT2D eigenvalue weighted by Crippen LogP contribution is -2.40. The molecule has 5 nitrogen and oxygen atoms in total. The van der Waals surface area contributed by atoms with Crippen molar-refractivity contribution < 1.29 is 13.2 Å². The summed E-state index contributed by atoms with van der Waals surface area (Å²) in [5.41, 5.74) is 0. The highest BCUT2D eigenvalue weighted by atomic mass is 19.4. The van der Waals surface area contributed by atoms with Gasteiger partial charge in [0, 0.05) is 38.6 Å². The lowest BCUT2D eigenvalue weighted by molar-refractivity contribution is -0.148. The lowest BCUT2D eigenvalue weighted by Gasteiger charge is -2.32. The van der Waals surface area contributed by atoms with E-state index < -0.39 is 12.7 Å². The number of hydrogen-bond donors (Lipinski definition) is 2. The van der Waals surface area contributed by atoms with Crippen molar-refractivity contribution in [3.05, 3.63) is 24.5 Å². The molecule has 148 valence electrons. The highest BCUT2D eigenvalue weighted by molar-refractivity contribution is 5.79. The zero-order valence-electron chi connectivity index (χ0n) is 15.4. The van der Waals surface area contributed by atoms with E-state index in [1.54, 1.807) is 0 Å². The molecular weight excluding hydrogens is 343 g/mol. The van der Waals surface area contributed by atoms with E-state index in [1.165, 1.54) is 4.90 Å². The fraction of sp³-hybridized carbons (Fsp3) is 0.722. The summed E-state index contributed by atoms with van der Waals surface area (Å²) in [4.78, 5) is 6.10. The first kappa shape index (κ1) is 20.6. The van der Waals surface area contributed by atoms with Crippen LogP contribution in [0.5, 0.6) is 0 Å². The number of aliphatic imine (C=N–C) groups is 1. The van der Waals surface area contributed by atoms with E-state index in [2.05, 4.69) is 20.2 Å². The number of nitrogens with one attached hydrogen (secondary N) is 2. The topological polar surface area (TPSA) is 44.6 Å². The Bertz CT molecular complexity index is 519. The predicted molar refractivity (Wildman–Crippen MR) is 98.2 cm³/mol. The van der Waals surface area contributed by atoms with Crippen LogP contribution in [0.1, 0.15) is 26.2 Å². The molecule has 1 aliphatic heterocycles. The average Bonchev–Trinajstić information content (AvgIpc) is 3.08. The molecule has 0 radical (unpaired) electrons. The van der Waals surface area contributed by atoms with Crippen molar-refractivity contribution in [1.29, 1.82) is 0 Å². The van der Waals surface area contributed by atoms with Crippen molar-refractivity contribution in [1.82, 2.24) is 20.1 Å². The molecule has 1 aromatic rings. The molecule has 0 saturated carbocycles. The van der Waals surface area contributed by atoms with Gasteiger partial charge in [-0.1, -0.05) is 0 Å². The summed E-state index contributed by atoms with van der Waals surface area (Å²) in [7, 11) is 0. The van der Waals surface area contributed by atoms with Gasteiger partial charge in [0.15, 0.2) is 5.96 Å². The van der Waals surface area contributed by atoms with Crippen LogP contribution >= 0.6 is 0 Å². The third-order valence-corrected chi connectivity index (χ3v) is 4.59. The van der Waals surface area contributed by atoms with Gasteiger partial charge < -0.3 is 15.2 Å². The predicted octanol–water partition coefficient (Wildman–Crippen LogP) is 2.71. The Morgan fingerprint density at radius 2 is 1.85 bits per heavy atom. The van der Waals surface area contributed by atoms with Crippen molar-refractivity contribution in [3.8, 4) is 0 Å². The molecule has 1 saturated heterocycles. The molecule has 0 atom stereocenters. The first-order chi connectivity index (χ1) is 12.5. The number of likely N-dealkylation sites (tertiary alicyclic amines) is 1. The second kappa shape index (κ2) is 10.4. The number of hydrogen-bond acceptors (Lipinski definition) is 2. The molecular formula is C18H30F3N5. The summed E-state index contributed by atoms with van der Waals surface area (Å²) in [5, 5.41) is 6.54. The summed E-state index contributed by atoms with van der Waals surface area (Å²) in [6.07, 6.45) is 2.53. The van der Waals surface area contributed by atoms with E-state index in [1.807, 2.05) is 31.5 Å². The van der Waals surface area contributed by atoms with Crippen LogP contribution in [0.15, 0.2) is 29.5 Å². The lowest BCUT2D eigenvalue weighted by atomic mass is 9.93. The van der Waals surface area contributed by atoms with Gasteiger partial charge in [-0.3, -0.25) is 9.89 Å². The molecule has 0 spiro atoms. The second-order valence-corrected chi connectivity index (χ2v) is 6.73. The summed E-state index contributed by atoms with van der Waals surface area (Å²) < 4.78 is 39.4. The number of piperidine rings is 1. The van der Waals surface area contributed by atoms with Crippen LogP contribution in [0.25, 0.3) is 0 Å². The normalized spacial score (nSPS) is 17.5. The third-order valence-electron chi connectivity index (χ3n) is 4.59. The number of alkyl halides is 3. The molecule has 26 heavy (non-hydrogen) atoms. The third kappa shape index (κ3) is 8.12.